The van der Waals surface area contributed by atoms with E-state index in [0.29, 0.717) is 0 Å². The summed E-state index contributed by atoms with van der Waals surface area (Å²) in [6, 6.07) is 0. The molecule has 1 aliphatic heterocycles. The van der Waals surface area contributed by atoms with Crippen LogP contribution in [0.15, 0.2) is 0 Å². The second-order valence-electron chi connectivity index (χ2n) is 3.24. The first-order valence-electron chi connectivity index (χ1n) is 4.34. The van der Waals surface area contributed by atoms with E-state index in [9.17, 15) is 4.57 Å². The molecule has 0 atom stereocenters. The first-order valence-corrected chi connectivity index (χ1v) is 6.60. The first-order chi connectivity index (χ1) is 4.77. The molecule has 0 aromatic heterocycles. The molecule has 1 aliphatic rings. The van der Waals surface area contributed by atoms with Crippen LogP contribution in [0.25, 0.3) is 0 Å². The monoisotopic (exact) mass is 160 g/mol. The minimum atomic E-state index is -1.64. The van der Waals surface area contributed by atoms with Crippen molar-refractivity contribution in [3.8, 4) is 0 Å². The van der Waals surface area contributed by atoms with E-state index in [1.807, 2.05) is 0 Å². The summed E-state index contributed by atoms with van der Waals surface area (Å²) >= 11 is 0. The Morgan fingerprint density at radius 2 is 1.60 bits per heavy atom. The molecule has 60 valence electrons. The Bertz CT molecular complexity index is 130. The Balaban J connectivity index is 2.49. The fourth-order valence-electron chi connectivity index (χ4n) is 1.58. The van der Waals surface area contributed by atoms with Gasteiger partial charge in [0, 0.05) is 12.3 Å². The second-order valence-corrected chi connectivity index (χ2v) is 6.88. The van der Waals surface area contributed by atoms with Gasteiger partial charge in [-0.2, -0.15) is 0 Å². The standard InChI is InChI=1S/C8H17OP/c1-2-10(9)7-5-3-4-6-8-10/h2-8H2,1H3. The maximum Gasteiger partial charge on any atom is 0.0875 e. The van der Waals surface area contributed by atoms with E-state index in [-0.39, 0.29) is 0 Å². The van der Waals surface area contributed by atoms with Gasteiger partial charge < -0.3 is 4.57 Å². The maximum absolute atomic E-state index is 11.8. The molecule has 10 heavy (non-hydrogen) atoms. The zero-order valence-corrected chi connectivity index (χ0v) is 7.70. The topological polar surface area (TPSA) is 17.1 Å². The number of rotatable bonds is 1. The lowest BCUT2D eigenvalue weighted by Crippen LogP contribution is -1.93. The molecule has 0 saturated carbocycles. The molecule has 0 spiro atoms. The lowest BCUT2D eigenvalue weighted by atomic mass is 10.2. The van der Waals surface area contributed by atoms with Gasteiger partial charge in [-0.15, -0.1) is 0 Å². The molecule has 0 unspecified atom stereocenters. The van der Waals surface area contributed by atoms with Crippen molar-refractivity contribution in [2.75, 3.05) is 18.5 Å². The lowest BCUT2D eigenvalue weighted by molar-refractivity contribution is 0.575. The second kappa shape index (κ2) is 3.57. The molecule has 0 bridgehead atoms. The highest BCUT2D eigenvalue weighted by molar-refractivity contribution is 7.63. The van der Waals surface area contributed by atoms with Crippen LogP contribution in [-0.2, 0) is 4.57 Å². The average Bonchev–Trinajstić information content (AvgIpc) is 2.15. The first kappa shape index (κ1) is 8.33. The number of hydrogen-bond acceptors (Lipinski definition) is 1. The highest BCUT2D eigenvalue weighted by atomic mass is 31.2. The summed E-state index contributed by atoms with van der Waals surface area (Å²) in [4.78, 5) is 0. The van der Waals surface area contributed by atoms with Crippen LogP contribution in [0.2, 0.25) is 0 Å². The van der Waals surface area contributed by atoms with E-state index in [0.717, 1.165) is 18.5 Å². The van der Waals surface area contributed by atoms with Crippen LogP contribution >= 0.6 is 7.14 Å². The molecule has 1 heterocycles. The highest BCUT2D eigenvalue weighted by Gasteiger charge is 2.20. The van der Waals surface area contributed by atoms with Crippen molar-refractivity contribution in [3.63, 3.8) is 0 Å². The van der Waals surface area contributed by atoms with Crippen molar-refractivity contribution in [1.82, 2.24) is 0 Å². The summed E-state index contributed by atoms with van der Waals surface area (Å²) in [5.41, 5.74) is 0. The fraction of sp³-hybridized carbons (Fsp3) is 1.00. The van der Waals surface area contributed by atoms with Gasteiger partial charge in [0.1, 0.15) is 0 Å². The smallest absolute Gasteiger partial charge is 0.0875 e. The Labute approximate surface area is 63.6 Å². The largest absolute Gasteiger partial charge is 0.324 e. The summed E-state index contributed by atoms with van der Waals surface area (Å²) in [7, 11) is -1.64. The maximum atomic E-state index is 11.8. The van der Waals surface area contributed by atoms with Crippen LogP contribution in [0, 0.1) is 0 Å². The third kappa shape index (κ3) is 2.12. The molecule has 0 amide bonds. The van der Waals surface area contributed by atoms with E-state index < -0.39 is 7.14 Å². The minimum Gasteiger partial charge on any atom is -0.324 e. The Hall–Kier alpha value is 0.230. The van der Waals surface area contributed by atoms with Gasteiger partial charge >= 0.3 is 0 Å². The fourth-order valence-corrected chi connectivity index (χ4v) is 4.04. The van der Waals surface area contributed by atoms with E-state index >= 15 is 0 Å². The van der Waals surface area contributed by atoms with Gasteiger partial charge in [0.15, 0.2) is 0 Å². The molecule has 1 nitrogen and oxygen atoms in total. The zero-order chi connectivity index (χ0) is 7.45. The van der Waals surface area contributed by atoms with E-state index in [1.165, 1.54) is 25.7 Å². The van der Waals surface area contributed by atoms with Crippen LogP contribution < -0.4 is 0 Å². The third-order valence-corrected chi connectivity index (χ3v) is 5.87. The van der Waals surface area contributed by atoms with Crippen molar-refractivity contribution in [3.05, 3.63) is 0 Å². The molecular formula is C8H17OP. The van der Waals surface area contributed by atoms with Crippen molar-refractivity contribution < 1.29 is 4.57 Å². The van der Waals surface area contributed by atoms with E-state index in [1.54, 1.807) is 0 Å². The minimum absolute atomic E-state index is 0.938. The quantitative estimate of drug-likeness (QED) is 0.539. The van der Waals surface area contributed by atoms with Crippen LogP contribution in [0.4, 0.5) is 0 Å². The van der Waals surface area contributed by atoms with Gasteiger partial charge in [-0.25, -0.2) is 0 Å². The summed E-state index contributed by atoms with van der Waals surface area (Å²) in [5, 5.41) is 0. The van der Waals surface area contributed by atoms with Gasteiger partial charge in [-0.1, -0.05) is 19.8 Å². The molecular weight excluding hydrogens is 143 g/mol. The van der Waals surface area contributed by atoms with Gasteiger partial charge in [0.25, 0.3) is 0 Å². The zero-order valence-electron chi connectivity index (χ0n) is 6.81. The van der Waals surface area contributed by atoms with Crippen molar-refractivity contribution in [2.45, 2.75) is 32.6 Å². The van der Waals surface area contributed by atoms with Crippen molar-refractivity contribution in [1.29, 1.82) is 0 Å². The van der Waals surface area contributed by atoms with Gasteiger partial charge in [0.05, 0.1) is 7.14 Å². The van der Waals surface area contributed by atoms with Gasteiger partial charge in [-0.05, 0) is 19.0 Å². The van der Waals surface area contributed by atoms with Crippen LogP contribution in [0.3, 0.4) is 0 Å². The predicted molar refractivity (Wildman–Crippen MR) is 46.3 cm³/mol. The summed E-state index contributed by atoms with van der Waals surface area (Å²) in [6.45, 7) is 2.08. The Morgan fingerprint density at radius 1 is 1.10 bits per heavy atom. The van der Waals surface area contributed by atoms with Crippen LogP contribution in [0.1, 0.15) is 32.6 Å². The Morgan fingerprint density at radius 3 is 2.00 bits per heavy atom. The van der Waals surface area contributed by atoms with Gasteiger partial charge in [-0.3, -0.25) is 0 Å². The van der Waals surface area contributed by atoms with Crippen molar-refractivity contribution >= 4 is 7.14 Å². The number of hydrogen-bond donors (Lipinski definition) is 0. The third-order valence-electron chi connectivity index (χ3n) is 2.46. The Kier molecular flexibility index (Phi) is 2.97. The summed E-state index contributed by atoms with van der Waals surface area (Å²) in [6.07, 6.45) is 8.05. The molecule has 1 rings (SSSR count). The molecule has 1 saturated heterocycles. The molecule has 0 aliphatic carbocycles. The van der Waals surface area contributed by atoms with E-state index in [4.69, 9.17) is 0 Å². The molecule has 0 N–H and O–H groups in total. The normalized spacial score (nSPS) is 25.7. The van der Waals surface area contributed by atoms with Crippen molar-refractivity contribution in [2.24, 2.45) is 0 Å². The molecule has 1 fully saturated rings. The molecule has 0 aromatic rings. The molecule has 0 aromatic carbocycles. The van der Waals surface area contributed by atoms with Gasteiger partial charge in [0.2, 0.25) is 0 Å². The lowest BCUT2D eigenvalue weighted by Gasteiger charge is -2.11. The van der Waals surface area contributed by atoms with E-state index in [2.05, 4.69) is 6.92 Å². The molecule has 0 radical (unpaired) electrons. The van der Waals surface area contributed by atoms with Crippen LogP contribution in [0.5, 0.6) is 0 Å². The predicted octanol–water partition coefficient (Wildman–Crippen LogP) is 2.94. The SMILES string of the molecule is CCP1(=O)CCCCCC1. The summed E-state index contributed by atoms with van der Waals surface area (Å²) in [5.74, 6) is 0. The molecule has 2 heteroatoms. The average molecular weight is 160 g/mol. The van der Waals surface area contributed by atoms with Crippen LogP contribution in [-0.4, -0.2) is 18.5 Å². The highest BCUT2D eigenvalue weighted by Crippen LogP contribution is 2.48. The summed E-state index contributed by atoms with van der Waals surface area (Å²) < 4.78 is 11.8.